The molecule has 2 aromatic carbocycles. The van der Waals surface area contributed by atoms with Crippen molar-refractivity contribution in [2.45, 2.75) is 12.8 Å². The molecule has 7 heteroatoms. The van der Waals surface area contributed by atoms with Crippen molar-refractivity contribution >= 4 is 40.9 Å². The van der Waals surface area contributed by atoms with E-state index in [4.69, 9.17) is 16.3 Å². The second-order valence-electron chi connectivity index (χ2n) is 8.09. The van der Waals surface area contributed by atoms with Crippen LogP contribution in [0.5, 0.6) is 0 Å². The van der Waals surface area contributed by atoms with E-state index in [1.807, 2.05) is 53.4 Å². The van der Waals surface area contributed by atoms with Crippen LogP contribution in [-0.2, 0) is 14.3 Å². The van der Waals surface area contributed by atoms with Crippen LogP contribution in [0.3, 0.4) is 0 Å². The summed E-state index contributed by atoms with van der Waals surface area (Å²) in [5, 5.41) is 3.67. The monoisotopic (exact) mass is 453 g/mol. The number of likely N-dealkylation sites (tertiary alicyclic amines) is 1. The summed E-state index contributed by atoms with van der Waals surface area (Å²) < 4.78 is 5.44. The number of ether oxygens (including phenoxy) is 1. The molecule has 0 aromatic heterocycles. The number of amides is 2. The Kier molecular flexibility index (Phi) is 7.45. The zero-order chi connectivity index (χ0) is 22.3. The van der Waals surface area contributed by atoms with Crippen molar-refractivity contribution in [2.75, 3.05) is 49.6 Å². The molecule has 0 saturated carbocycles. The second-order valence-corrected chi connectivity index (χ2v) is 8.53. The van der Waals surface area contributed by atoms with Gasteiger partial charge < -0.3 is 19.9 Å². The Morgan fingerprint density at radius 1 is 1.00 bits per heavy atom. The number of anilines is 2. The van der Waals surface area contributed by atoms with Gasteiger partial charge in [0.1, 0.15) is 0 Å². The average molecular weight is 454 g/mol. The molecular weight excluding hydrogens is 426 g/mol. The van der Waals surface area contributed by atoms with Gasteiger partial charge in [-0.05, 0) is 42.7 Å². The molecule has 2 saturated heterocycles. The Morgan fingerprint density at radius 2 is 1.72 bits per heavy atom. The first-order chi connectivity index (χ1) is 15.6. The van der Waals surface area contributed by atoms with Crippen molar-refractivity contribution in [2.24, 2.45) is 5.92 Å². The first-order valence-corrected chi connectivity index (χ1v) is 11.4. The molecular formula is C25H28ClN3O3. The number of carbonyl (C=O) groups is 2. The molecule has 1 N–H and O–H groups in total. The maximum Gasteiger partial charge on any atom is 0.246 e. The van der Waals surface area contributed by atoms with Gasteiger partial charge in [0.2, 0.25) is 11.8 Å². The largest absolute Gasteiger partial charge is 0.378 e. The molecule has 0 aliphatic carbocycles. The molecule has 6 nitrogen and oxygen atoms in total. The minimum Gasteiger partial charge on any atom is -0.378 e. The third kappa shape index (κ3) is 5.69. The lowest BCUT2D eigenvalue weighted by Crippen LogP contribution is -2.41. The Hall–Kier alpha value is -2.83. The summed E-state index contributed by atoms with van der Waals surface area (Å²) in [5.41, 5.74) is 2.69. The summed E-state index contributed by atoms with van der Waals surface area (Å²) in [6, 6.07) is 15.3. The SMILES string of the molecule is O=C(Nc1cc(Cl)ccc1N1CCOCC1)C1CCN(C(=O)/C=C/c2ccccc2)CC1. The van der Waals surface area contributed by atoms with Crippen molar-refractivity contribution < 1.29 is 14.3 Å². The highest BCUT2D eigenvalue weighted by Gasteiger charge is 2.27. The van der Waals surface area contributed by atoms with Gasteiger partial charge in [-0.2, -0.15) is 0 Å². The van der Waals surface area contributed by atoms with E-state index in [1.165, 1.54) is 0 Å². The smallest absolute Gasteiger partial charge is 0.246 e. The van der Waals surface area contributed by atoms with E-state index in [9.17, 15) is 9.59 Å². The number of carbonyl (C=O) groups excluding carboxylic acids is 2. The third-order valence-corrected chi connectivity index (χ3v) is 6.20. The van der Waals surface area contributed by atoms with Gasteiger partial charge in [-0.3, -0.25) is 9.59 Å². The van der Waals surface area contributed by atoms with Crippen molar-refractivity contribution in [1.82, 2.24) is 4.90 Å². The molecule has 32 heavy (non-hydrogen) atoms. The minimum absolute atomic E-state index is 0.0165. The molecule has 4 rings (SSSR count). The van der Waals surface area contributed by atoms with Gasteiger partial charge in [-0.15, -0.1) is 0 Å². The maximum absolute atomic E-state index is 13.0. The molecule has 0 spiro atoms. The zero-order valence-electron chi connectivity index (χ0n) is 18.0. The van der Waals surface area contributed by atoms with E-state index in [0.717, 1.165) is 30.0 Å². The van der Waals surface area contributed by atoms with Gasteiger partial charge in [0.05, 0.1) is 24.6 Å². The van der Waals surface area contributed by atoms with Crippen LogP contribution in [0, 0.1) is 5.92 Å². The van der Waals surface area contributed by atoms with Crippen LogP contribution in [0.1, 0.15) is 18.4 Å². The van der Waals surface area contributed by atoms with Gasteiger partial charge in [0.25, 0.3) is 0 Å². The Morgan fingerprint density at radius 3 is 2.44 bits per heavy atom. The van der Waals surface area contributed by atoms with E-state index >= 15 is 0 Å². The van der Waals surface area contributed by atoms with E-state index < -0.39 is 0 Å². The quantitative estimate of drug-likeness (QED) is 0.693. The summed E-state index contributed by atoms with van der Waals surface area (Å²) in [5.74, 6) is -0.167. The number of rotatable bonds is 5. The standard InChI is InChI=1S/C25H28ClN3O3/c26-21-7-8-23(28-14-16-32-17-15-28)22(18-21)27-25(31)20-10-12-29(13-11-20)24(30)9-6-19-4-2-1-3-5-19/h1-9,18,20H,10-17H2,(H,27,31)/b9-6+. The van der Waals surface area contributed by atoms with Crippen LogP contribution in [0.25, 0.3) is 6.08 Å². The van der Waals surface area contributed by atoms with Crippen LogP contribution in [0.2, 0.25) is 5.02 Å². The Labute approximate surface area is 193 Å². The summed E-state index contributed by atoms with van der Waals surface area (Å²) in [6.45, 7) is 4.04. The summed E-state index contributed by atoms with van der Waals surface area (Å²) in [7, 11) is 0. The van der Waals surface area contributed by atoms with Crippen molar-refractivity contribution in [3.63, 3.8) is 0 Å². The molecule has 2 aromatic rings. The number of morpholine rings is 1. The predicted octanol–water partition coefficient (Wildman–Crippen LogP) is 4.07. The van der Waals surface area contributed by atoms with Gasteiger partial charge in [-0.25, -0.2) is 0 Å². The molecule has 2 aliphatic heterocycles. The first-order valence-electron chi connectivity index (χ1n) is 11.1. The fraction of sp³-hybridized carbons (Fsp3) is 0.360. The number of benzene rings is 2. The first kappa shape index (κ1) is 22.4. The van der Waals surface area contributed by atoms with Crippen LogP contribution in [-0.4, -0.2) is 56.1 Å². The van der Waals surface area contributed by atoms with E-state index in [1.54, 1.807) is 12.1 Å². The highest BCUT2D eigenvalue weighted by molar-refractivity contribution is 6.31. The summed E-state index contributed by atoms with van der Waals surface area (Å²) in [6.07, 6.45) is 4.72. The third-order valence-electron chi connectivity index (χ3n) is 5.96. The summed E-state index contributed by atoms with van der Waals surface area (Å²) >= 11 is 6.21. The number of hydrogen-bond donors (Lipinski definition) is 1. The molecule has 2 fully saturated rings. The van der Waals surface area contributed by atoms with E-state index in [-0.39, 0.29) is 17.7 Å². The second kappa shape index (κ2) is 10.7. The highest BCUT2D eigenvalue weighted by atomic mass is 35.5. The van der Waals surface area contributed by atoms with Gasteiger partial charge in [-0.1, -0.05) is 41.9 Å². The van der Waals surface area contributed by atoms with Crippen LogP contribution in [0.4, 0.5) is 11.4 Å². The Balaban J connectivity index is 1.33. The fourth-order valence-corrected chi connectivity index (χ4v) is 4.29. The highest BCUT2D eigenvalue weighted by Crippen LogP contribution is 2.31. The van der Waals surface area contributed by atoms with Crippen molar-refractivity contribution in [3.8, 4) is 0 Å². The number of hydrogen-bond acceptors (Lipinski definition) is 4. The van der Waals surface area contributed by atoms with Gasteiger partial charge in [0.15, 0.2) is 0 Å². The van der Waals surface area contributed by atoms with Crippen molar-refractivity contribution in [3.05, 3.63) is 65.2 Å². The molecule has 168 valence electrons. The van der Waals surface area contributed by atoms with Crippen LogP contribution in [0.15, 0.2) is 54.6 Å². The Bertz CT molecular complexity index is 966. The molecule has 0 bridgehead atoms. The van der Waals surface area contributed by atoms with Gasteiger partial charge in [0, 0.05) is 43.2 Å². The van der Waals surface area contributed by atoms with Crippen LogP contribution >= 0.6 is 11.6 Å². The fourth-order valence-electron chi connectivity index (χ4n) is 4.12. The van der Waals surface area contributed by atoms with Crippen LogP contribution < -0.4 is 10.2 Å². The predicted molar refractivity (Wildman–Crippen MR) is 128 cm³/mol. The molecule has 2 aliphatic rings. The normalized spacial score (nSPS) is 17.5. The lowest BCUT2D eigenvalue weighted by molar-refractivity contribution is -0.130. The molecule has 0 radical (unpaired) electrons. The number of halogens is 1. The topological polar surface area (TPSA) is 61.9 Å². The zero-order valence-corrected chi connectivity index (χ0v) is 18.8. The lowest BCUT2D eigenvalue weighted by Gasteiger charge is -2.32. The molecule has 0 atom stereocenters. The minimum atomic E-state index is -0.131. The van der Waals surface area contributed by atoms with Gasteiger partial charge >= 0.3 is 0 Å². The molecule has 2 heterocycles. The average Bonchev–Trinajstić information content (AvgIpc) is 2.84. The molecule has 0 unspecified atom stereocenters. The van der Waals surface area contributed by atoms with E-state index in [2.05, 4.69) is 10.2 Å². The summed E-state index contributed by atoms with van der Waals surface area (Å²) in [4.78, 5) is 29.5. The number of nitrogens with one attached hydrogen (secondary N) is 1. The number of nitrogens with zero attached hydrogens (tertiary/aromatic N) is 2. The van der Waals surface area contributed by atoms with E-state index in [0.29, 0.717) is 44.2 Å². The van der Waals surface area contributed by atoms with Crippen molar-refractivity contribution in [1.29, 1.82) is 0 Å². The lowest BCUT2D eigenvalue weighted by atomic mass is 9.95. The molecule has 2 amide bonds. The number of piperidine rings is 1. The maximum atomic E-state index is 13.0.